The number of aromatic hydroxyl groups is 1. The minimum Gasteiger partial charge on any atom is -0.507 e. The first-order valence-corrected chi connectivity index (χ1v) is 6.47. The number of halogens is 1. The van der Waals surface area contributed by atoms with Crippen molar-refractivity contribution in [1.82, 2.24) is 5.32 Å². The lowest BCUT2D eigenvalue weighted by Crippen LogP contribution is -2.23. The van der Waals surface area contributed by atoms with E-state index in [0.29, 0.717) is 22.3 Å². The molecule has 0 heterocycles. The number of hydrogen-bond donors (Lipinski definition) is 3. The minimum atomic E-state index is -0.258. The Morgan fingerprint density at radius 3 is 2.68 bits per heavy atom. The van der Waals surface area contributed by atoms with Gasteiger partial charge in [-0.25, -0.2) is 0 Å². The van der Waals surface area contributed by atoms with Crippen LogP contribution in [0, 0.1) is 0 Å². The summed E-state index contributed by atoms with van der Waals surface area (Å²) in [7, 11) is 0. The van der Waals surface area contributed by atoms with Crippen LogP contribution in [-0.4, -0.2) is 11.0 Å². The van der Waals surface area contributed by atoms with Crippen molar-refractivity contribution < 1.29 is 9.90 Å². The number of para-hydroxylation sites is 1. The highest BCUT2D eigenvalue weighted by molar-refractivity contribution is 9.10. The molecule has 0 aromatic heterocycles. The number of rotatable bonds is 3. The standard InChI is InChI=1S/C14H13BrN2O2/c15-11-6-5-9(7-13(11)18)14(19)17-8-10-3-1-2-4-12(10)16/h1-7,18H,8,16H2,(H,17,19). The van der Waals surface area contributed by atoms with Gasteiger partial charge in [-0.1, -0.05) is 18.2 Å². The highest BCUT2D eigenvalue weighted by atomic mass is 79.9. The molecule has 0 unspecified atom stereocenters. The Hall–Kier alpha value is -2.01. The summed E-state index contributed by atoms with van der Waals surface area (Å²) in [5.41, 5.74) is 7.69. The number of nitrogens with one attached hydrogen (secondary N) is 1. The molecule has 0 aliphatic rings. The molecule has 0 atom stereocenters. The van der Waals surface area contributed by atoms with Gasteiger partial charge in [-0.15, -0.1) is 0 Å². The zero-order valence-corrected chi connectivity index (χ0v) is 11.6. The van der Waals surface area contributed by atoms with Gasteiger partial charge in [0.2, 0.25) is 0 Å². The second-order valence-electron chi connectivity index (χ2n) is 4.05. The number of hydrogen-bond acceptors (Lipinski definition) is 3. The van der Waals surface area contributed by atoms with E-state index < -0.39 is 0 Å². The molecule has 2 rings (SSSR count). The first kappa shape index (κ1) is 13.4. The number of carbonyl (C=O) groups excluding carboxylic acids is 1. The van der Waals surface area contributed by atoms with Crippen molar-refractivity contribution in [1.29, 1.82) is 0 Å². The first-order valence-electron chi connectivity index (χ1n) is 5.68. The van der Waals surface area contributed by atoms with Crippen LogP contribution in [0.2, 0.25) is 0 Å². The normalized spacial score (nSPS) is 10.2. The summed E-state index contributed by atoms with van der Waals surface area (Å²) in [6.07, 6.45) is 0. The topological polar surface area (TPSA) is 75.3 Å². The Morgan fingerprint density at radius 2 is 2.00 bits per heavy atom. The summed E-state index contributed by atoms with van der Waals surface area (Å²) in [6, 6.07) is 12.0. The Labute approximate surface area is 119 Å². The number of phenolic OH excluding ortho intramolecular Hbond substituents is 1. The smallest absolute Gasteiger partial charge is 0.251 e. The monoisotopic (exact) mass is 320 g/mol. The average molecular weight is 321 g/mol. The van der Waals surface area contributed by atoms with Crippen LogP contribution in [0.4, 0.5) is 5.69 Å². The molecular formula is C14H13BrN2O2. The zero-order valence-electron chi connectivity index (χ0n) is 10.1. The molecule has 0 aliphatic carbocycles. The van der Waals surface area contributed by atoms with Gasteiger partial charge in [-0.3, -0.25) is 4.79 Å². The molecule has 19 heavy (non-hydrogen) atoms. The number of carbonyl (C=O) groups is 1. The number of amides is 1. The number of phenols is 1. The lowest BCUT2D eigenvalue weighted by atomic mass is 10.1. The van der Waals surface area contributed by atoms with Crippen molar-refractivity contribution in [2.24, 2.45) is 0 Å². The van der Waals surface area contributed by atoms with Crippen LogP contribution in [-0.2, 0) is 6.54 Å². The highest BCUT2D eigenvalue weighted by Gasteiger charge is 2.08. The number of anilines is 1. The van der Waals surface area contributed by atoms with Crippen LogP contribution < -0.4 is 11.1 Å². The van der Waals surface area contributed by atoms with E-state index in [4.69, 9.17) is 5.73 Å². The molecule has 2 aromatic rings. The van der Waals surface area contributed by atoms with E-state index in [-0.39, 0.29) is 11.7 Å². The van der Waals surface area contributed by atoms with Gasteiger partial charge in [0.25, 0.3) is 5.91 Å². The van der Waals surface area contributed by atoms with E-state index in [2.05, 4.69) is 21.2 Å². The highest BCUT2D eigenvalue weighted by Crippen LogP contribution is 2.24. The maximum Gasteiger partial charge on any atom is 0.251 e. The van der Waals surface area contributed by atoms with Crippen molar-refractivity contribution in [3.63, 3.8) is 0 Å². The van der Waals surface area contributed by atoms with Crippen LogP contribution >= 0.6 is 15.9 Å². The fourth-order valence-electron chi connectivity index (χ4n) is 1.63. The molecule has 5 heteroatoms. The fraction of sp³-hybridized carbons (Fsp3) is 0.0714. The van der Waals surface area contributed by atoms with Crippen LogP contribution in [0.25, 0.3) is 0 Å². The fourth-order valence-corrected chi connectivity index (χ4v) is 1.87. The SMILES string of the molecule is Nc1ccccc1CNC(=O)c1ccc(Br)c(O)c1. The third kappa shape index (κ3) is 3.26. The lowest BCUT2D eigenvalue weighted by Gasteiger charge is -2.08. The molecule has 2 aromatic carbocycles. The van der Waals surface area contributed by atoms with Gasteiger partial charge in [0.1, 0.15) is 5.75 Å². The Bertz CT molecular complexity index is 614. The molecule has 0 radical (unpaired) electrons. The molecule has 1 amide bonds. The van der Waals surface area contributed by atoms with Crippen molar-refractivity contribution in [3.05, 3.63) is 58.1 Å². The second kappa shape index (κ2) is 5.75. The largest absolute Gasteiger partial charge is 0.507 e. The summed E-state index contributed by atoms with van der Waals surface area (Å²) in [5, 5.41) is 12.3. The van der Waals surface area contributed by atoms with Gasteiger partial charge >= 0.3 is 0 Å². The third-order valence-electron chi connectivity index (χ3n) is 2.70. The molecule has 0 fully saturated rings. The van der Waals surface area contributed by atoms with Gasteiger partial charge in [0.15, 0.2) is 0 Å². The summed E-state index contributed by atoms with van der Waals surface area (Å²) < 4.78 is 0.552. The van der Waals surface area contributed by atoms with Crippen LogP contribution in [0.3, 0.4) is 0 Å². The summed E-state index contributed by atoms with van der Waals surface area (Å²) in [6.45, 7) is 0.350. The quantitative estimate of drug-likeness (QED) is 0.761. The number of nitrogen functional groups attached to an aromatic ring is 1. The predicted octanol–water partition coefficient (Wildman–Crippen LogP) is 2.67. The maximum absolute atomic E-state index is 11.9. The molecule has 4 N–H and O–H groups in total. The molecule has 0 saturated heterocycles. The number of benzene rings is 2. The zero-order chi connectivity index (χ0) is 13.8. The first-order chi connectivity index (χ1) is 9.08. The van der Waals surface area contributed by atoms with Crippen LogP contribution in [0.5, 0.6) is 5.75 Å². The van der Waals surface area contributed by atoms with Crippen molar-refractivity contribution in [3.8, 4) is 5.75 Å². The molecule has 4 nitrogen and oxygen atoms in total. The molecule has 0 spiro atoms. The summed E-state index contributed by atoms with van der Waals surface area (Å²) in [4.78, 5) is 11.9. The number of nitrogens with two attached hydrogens (primary N) is 1. The molecular weight excluding hydrogens is 308 g/mol. The van der Waals surface area contributed by atoms with E-state index in [1.165, 1.54) is 6.07 Å². The van der Waals surface area contributed by atoms with Crippen molar-refractivity contribution in [2.75, 3.05) is 5.73 Å². The average Bonchev–Trinajstić information content (AvgIpc) is 2.40. The second-order valence-corrected chi connectivity index (χ2v) is 4.90. The Morgan fingerprint density at radius 1 is 1.26 bits per heavy atom. The van der Waals surface area contributed by atoms with Crippen LogP contribution in [0.15, 0.2) is 46.9 Å². The van der Waals surface area contributed by atoms with E-state index >= 15 is 0 Å². The molecule has 98 valence electrons. The predicted molar refractivity (Wildman–Crippen MR) is 77.8 cm³/mol. The molecule has 0 saturated carbocycles. The van der Waals surface area contributed by atoms with Gasteiger partial charge < -0.3 is 16.2 Å². The van der Waals surface area contributed by atoms with Gasteiger partial charge in [0, 0.05) is 17.8 Å². The third-order valence-corrected chi connectivity index (χ3v) is 3.37. The van der Waals surface area contributed by atoms with Crippen molar-refractivity contribution >= 4 is 27.5 Å². The minimum absolute atomic E-state index is 0.0341. The van der Waals surface area contributed by atoms with Gasteiger partial charge in [0.05, 0.1) is 4.47 Å². The molecule has 0 bridgehead atoms. The van der Waals surface area contributed by atoms with E-state index in [9.17, 15) is 9.90 Å². The maximum atomic E-state index is 11.9. The van der Waals surface area contributed by atoms with E-state index in [0.717, 1.165) is 5.56 Å². The van der Waals surface area contributed by atoms with Gasteiger partial charge in [-0.2, -0.15) is 0 Å². The summed E-state index contributed by atoms with van der Waals surface area (Å²) in [5.74, 6) is -0.224. The Balaban J connectivity index is 2.05. The van der Waals surface area contributed by atoms with Crippen molar-refractivity contribution in [2.45, 2.75) is 6.54 Å². The summed E-state index contributed by atoms with van der Waals surface area (Å²) >= 11 is 3.17. The van der Waals surface area contributed by atoms with Gasteiger partial charge in [-0.05, 0) is 45.8 Å². The Kier molecular flexibility index (Phi) is 4.06. The lowest BCUT2D eigenvalue weighted by molar-refractivity contribution is 0.0950. The molecule has 0 aliphatic heterocycles. The van der Waals surface area contributed by atoms with E-state index in [1.54, 1.807) is 18.2 Å². The van der Waals surface area contributed by atoms with E-state index in [1.807, 2.05) is 18.2 Å². The van der Waals surface area contributed by atoms with Crippen LogP contribution in [0.1, 0.15) is 15.9 Å².